The molecule has 4 aromatic rings. The van der Waals surface area contributed by atoms with Crippen LogP contribution in [0.15, 0.2) is 77.4 Å². The predicted octanol–water partition coefficient (Wildman–Crippen LogP) is 4.71. The van der Waals surface area contributed by atoms with Crippen molar-refractivity contribution in [2.24, 2.45) is 0 Å². The average Bonchev–Trinajstić information content (AvgIpc) is 3.23. The second-order valence-corrected chi connectivity index (χ2v) is 8.46. The molecule has 1 fully saturated rings. The van der Waals surface area contributed by atoms with Gasteiger partial charge >= 0.3 is 0 Å². The quantitative estimate of drug-likeness (QED) is 0.483. The van der Waals surface area contributed by atoms with Crippen molar-refractivity contribution in [1.82, 2.24) is 10.2 Å². The molecule has 0 saturated carbocycles. The van der Waals surface area contributed by atoms with Gasteiger partial charge < -0.3 is 14.5 Å². The number of rotatable bonds is 6. The topological polar surface area (TPSA) is 54.7 Å². The fraction of sp³-hybridized carbons (Fsp3) is 0.296. The summed E-state index contributed by atoms with van der Waals surface area (Å²) in [4.78, 5) is 15.5. The first-order valence-corrected chi connectivity index (χ1v) is 11.2. The van der Waals surface area contributed by atoms with Crippen LogP contribution in [0.2, 0.25) is 0 Å². The fourth-order valence-corrected chi connectivity index (χ4v) is 4.88. The number of hydrogen-bond donors (Lipinski definition) is 1. The van der Waals surface area contributed by atoms with E-state index in [9.17, 15) is 4.79 Å². The van der Waals surface area contributed by atoms with Crippen LogP contribution in [0.1, 0.15) is 24.1 Å². The Labute approximate surface area is 188 Å². The van der Waals surface area contributed by atoms with Gasteiger partial charge in [0.05, 0.1) is 31.9 Å². The Balaban J connectivity index is 1.37. The minimum Gasteiger partial charge on any atom is -0.464 e. The molecule has 0 spiro atoms. The molecule has 5 nitrogen and oxygen atoms in total. The first-order chi connectivity index (χ1) is 15.7. The molecular weight excluding hydrogens is 400 g/mol. The molecule has 1 aliphatic heterocycles. The highest BCUT2D eigenvalue weighted by molar-refractivity contribution is 6.08. The number of carbonyl (C=O) groups excluding carboxylic acids is 1. The maximum atomic E-state index is 13.1. The van der Waals surface area contributed by atoms with E-state index in [2.05, 4.69) is 59.6 Å². The van der Waals surface area contributed by atoms with Crippen LogP contribution in [0.5, 0.6) is 0 Å². The van der Waals surface area contributed by atoms with Crippen LogP contribution in [-0.4, -0.2) is 43.2 Å². The summed E-state index contributed by atoms with van der Waals surface area (Å²) >= 11 is 0. The highest BCUT2D eigenvalue weighted by Gasteiger charge is 2.28. The number of benzene rings is 3. The van der Waals surface area contributed by atoms with E-state index >= 15 is 0 Å². The number of furan rings is 1. The van der Waals surface area contributed by atoms with Gasteiger partial charge in [-0.3, -0.25) is 9.69 Å². The van der Waals surface area contributed by atoms with Crippen molar-refractivity contribution in [2.45, 2.75) is 25.4 Å². The zero-order chi connectivity index (χ0) is 21.9. The molecule has 0 radical (unpaired) electrons. The Kier molecular flexibility index (Phi) is 5.93. The van der Waals surface area contributed by atoms with Crippen molar-refractivity contribution >= 4 is 27.6 Å². The van der Waals surface area contributed by atoms with Crippen LogP contribution in [0.4, 0.5) is 0 Å². The molecule has 2 atom stereocenters. The summed E-state index contributed by atoms with van der Waals surface area (Å²) in [6.45, 7) is 5.25. The zero-order valence-electron chi connectivity index (χ0n) is 18.3. The zero-order valence-corrected chi connectivity index (χ0v) is 18.3. The molecule has 5 heteroatoms. The van der Waals surface area contributed by atoms with Crippen molar-refractivity contribution in [3.63, 3.8) is 0 Å². The minimum absolute atomic E-state index is 0.00215. The molecule has 0 unspecified atom stereocenters. The summed E-state index contributed by atoms with van der Waals surface area (Å²) in [6, 6.07) is 22.7. The molecule has 1 aliphatic rings. The Morgan fingerprint density at radius 1 is 1.00 bits per heavy atom. The van der Waals surface area contributed by atoms with E-state index < -0.39 is 0 Å². The number of amides is 1. The van der Waals surface area contributed by atoms with E-state index in [0.29, 0.717) is 0 Å². The van der Waals surface area contributed by atoms with Crippen molar-refractivity contribution in [3.05, 3.63) is 84.1 Å². The van der Waals surface area contributed by atoms with E-state index in [1.54, 1.807) is 6.26 Å². The number of morpholine rings is 1. The van der Waals surface area contributed by atoms with Crippen LogP contribution in [-0.2, 0) is 16.0 Å². The Morgan fingerprint density at radius 2 is 1.75 bits per heavy atom. The third kappa shape index (κ3) is 4.14. The summed E-state index contributed by atoms with van der Waals surface area (Å²) < 4.78 is 11.3. The van der Waals surface area contributed by atoms with Gasteiger partial charge in [-0.1, -0.05) is 60.7 Å². The Bertz CT molecular complexity index is 1210. The number of nitrogens with zero attached hydrogens (tertiary/aromatic N) is 1. The van der Waals surface area contributed by atoms with Crippen molar-refractivity contribution in [3.8, 4) is 0 Å². The predicted molar refractivity (Wildman–Crippen MR) is 127 cm³/mol. The van der Waals surface area contributed by atoms with Gasteiger partial charge in [-0.2, -0.15) is 0 Å². The van der Waals surface area contributed by atoms with Crippen LogP contribution in [0, 0.1) is 0 Å². The molecule has 0 bridgehead atoms. The molecular formula is C27H28N2O3. The third-order valence-electron chi connectivity index (χ3n) is 6.33. The number of carbonyl (C=O) groups is 1. The number of nitrogens with one attached hydrogen (secondary N) is 1. The second-order valence-electron chi connectivity index (χ2n) is 8.46. The second kappa shape index (κ2) is 9.15. The molecule has 164 valence electrons. The number of ether oxygens (including phenoxy) is 1. The monoisotopic (exact) mass is 428 g/mol. The highest BCUT2D eigenvalue weighted by Crippen LogP contribution is 2.30. The van der Waals surface area contributed by atoms with Gasteiger partial charge in [0, 0.05) is 30.1 Å². The van der Waals surface area contributed by atoms with Crippen LogP contribution < -0.4 is 5.32 Å². The third-order valence-corrected chi connectivity index (χ3v) is 6.33. The van der Waals surface area contributed by atoms with Gasteiger partial charge in [-0.15, -0.1) is 0 Å². The molecule has 3 aromatic carbocycles. The lowest BCUT2D eigenvalue weighted by Gasteiger charge is -2.38. The Morgan fingerprint density at radius 3 is 2.56 bits per heavy atom. The SMILES string of the molecule is C[C@@H](NC(=O)Cc1coc2ccc3ccccc3c12)[C@@H](c1ccccc1)N1CCOCC1. The van der Waals surface area contributed by atoms with Gasteiger partial charge in [0.2, 0.25) is 5.91 Å². The van der Waals surface area contributed by atoms with Crippen LogP contribution in [0.25, 0.3) is 21.7 Å². The maximum Gasteiger partial charge on any atom is 0.224 e. The minimum atomic E-state index is -0.0436. The summed E-state index contributed by atoms with van der Waals surface area (Å²) in [5.41, 5.74) is 2.95. The number of hydrogen-bond acceptors (Lipinski definition) is 4. The lowest BCUT2D eigenvalue weighted by molar-refractivity contribution is -0.121. The lowest BCUT2D eigenvalue weighted by atomic mass is 9.97. The molecule has 5 rings (SSSR count). The highest BCUT2D eigenvalue weighted by atomic mass is 16.5. The smallest absolute Gasteiger partial charge is 0.224 e. The Hall–Kier alpha value is -3.15. The first-order valence-electron chi connectivity index (χ1n) is 11.2. The van der Waals surface area contributed by atoms with Crippen LogP contribution in [0.3, 0.4) is 0 Å². The summed E-state index contributed by atoms with van der Waals surface area (Å²) in [7, 11) is 0. The van der Waals surface area contributed by atoms with E-state index in [-0.39, 0.29) is 24.4 Å². The van der Waals surface area contributed by atoms with Crippen molar-refractivity contribution in [1.29, 1.82) is 0 Å². The molecule has 32 heavy (non-hydrogen) atoms. The van der Waals surface area contributed by atoms with Gasteiger partial charge in [-0.05, 0) is 29.3 Å². The molecule has 0 aliphatic carbocycles. The van der Waals surface area contributed by atoms with Gasteiger partial charge in [-0.25, -0.2) is 0 Å². The first kappa shape index (κ1) is 20.7. The van der Waals surface area contributed by atoms with E-state index in [1.807, 2.05) is 24.3 Å². The normalized spacial score (nSPS) is 16.8. The maximum absolute atomic E-state index is 13.1. The van der Waals surface area contributed by atoms with E-state index in [1.165, 1.54) is 5.56 Å². The van der Waals surface area contributed by atoms with Gasteiger partial charge in [0.15, 0.2) is 0 Å². The molecule has 1 aromatic heterocycles. The van der Waals surface area contributed by atoms with Gasteiger partial charge in [0.1, 0.15) is 5.58 Å². The molecule has 1 saturated heterocycles. The summed E-state index contributed by atoms with van der Waals surface area (Å²) in [5.74, 6) is 0.00215. The van der Waals surface area contributed by atoms with Crippen LogP contribution >= 0.6 is 0 Å². The van der Waals surface area contributed by atoms with Crippen molar-refractivity contribution in [2.75, 3.05) is 26.3 Å². The largest absolute Gasteiger partial charge is 0.464 e. The van der Waals surface area contributed by atoms with Gasteiger partial charge in [0.25, 0.3) is 0 Å². The summed E-state index contributed by atoms with van der Waals surface area (Å²) in [5, 5.41) is 6.55. The summed E-state index contributed by atoms with van der Waals surface area (Å²) in [6.07, 6.45) is 2.01. The van der Waals surface area contributed by atoms with Crippen molar-refractivity contribution < 1.29 is 13.9 Å². The molecule has 1 N–H and O–H groups in total. The molecule has 1 amide bonds. The van der Waals surface area contributed by atoms with E-state index in [4.69, 9.17) is 9.15 Å². The lowest BCUT2D eigenvalue weighted by Crippen LogP contribution is -2.48. The fourth-order valence-electron chi connectivity index (χ4n) is 4.88. The molecule has 2 heterocycles. The average molecular weight is 429 g/mol. The number of fused-ring (bicyclic) bond motifs is 3. The van der Waals surface area contributed by atoms with E-state index in [0.717, 1.165) is 53.6 Å². The standard InChI is InChI=1S/C27H28N2O3/c1-19(27(21-8-3-2-4-9-21)29-13-15-31-16-14-29)28-25(30)17-22-18-32-24-12-11-20-7-5-6-10-23(20)26(22)24/h2-12,18-19,27H,13-17H2,1H3,(H,28,30)/t19-,27+/m1/s1.